The van der Waals surface area contributed by atoms with Crippen molar-refractivity contribution < 1.29 is 9.53 Å². The van der Waals surface area contributed by atoms with Gasteiger partial charge in [0.1, 0.15) is 5.75 Å². The highest BCUT2D eigenvalue weighted by molar-refractivity contribution is 9.11. The summed E-state index contributed by atoms with van der Waals surface area (Å²) in [5, 5.41) is 6.21. The van der Waals surface area contributed by atoms with E-state index in [-0.39, 0.29) is 12.5 Å². The SMILES string of the molecule is Cc1cc(Br)cc(Br)c1OCC(=O)NC(=S)NC1CCCC1. The normalized spacial score (nSPS) is 14.7. The van der Waals surface area contributed by atoms with Crippen molar-refractivity contribution in [2.45, 2.75) is 38.6 Å². The van der Waals surface area contributed by atoms with E-state index in [0.717, 1.165) is 27.4 Å². The van der Waals surface area contributed by atoms with Crippen molar-refractivity contribution in [1.29, 1.82) is 0 Å². The van der Waals surface area contributed by atoms with Gasteiger partial charge in [0, 0.05) is 10.5 Å². The van der Waals surface area contributed by atoms with Crippen LogP contribution < -0.4 is 15.4 Å². The molecule has 7 heteroatoms. The molecular weight excluding hydrogens is 432 g/mol. The van der Waals surface area contributed by atoms with E-state index in [9.17, 15) is 4.79 Å². The van der Waals surface area contributed by atoms with Gasteiger partial charge in [0.15, 0.2) is 11.7 Å². The van der Waals surface area contributed by atoms with Gasteiger partial charge < -0.3 is 15.4 Å². The average Bonchev–Trinajstić information content (AvgIpc) is 2.89. The smallest absolute Gasteiger partial charge is 0.264 e. The van der Waals surface area contributed by atoms with Gasteiger partial charge >= 0.3 is 0 Å². The molecule has 4 nitrogen and oxygen atoms in total. The largest absolute Gasteiger partial charge is 0.482 e. The van der Waals surface area contributed by atoms with Crippen LogP contribution in [-0.2, 0) is 4.79 Å². The predicted octanol–water partition coefficient (Wildman–Crippen LogP) is 3.83. The van der Waals surface area contributed by atoms with E-state index >= 15 is 0 Å². The van der Waals surface area contributed by atoms with E-state index in [1.54, 1.807) is 0 Å². The predicted molar refractivity (Wildman–Crippen MR) is 98.2 cm³/mol. The maximum Gasteiger partial charge on any atom is 0.264 e. The van der Waals surface area contributed by atoms with Gasteiger partial charge in [-0.25, -0.2) is 0 Å². The van der Waals surface area contributed by atoms with Crippen LogP contribution in [-0.4, -0.2) is 23.7 Å². The quantitative estimate of drug-likeness (QED) is 0.685. The highest BCUT2D eigenvalue weighted by Crippen LogP contribution is 2.32. The zero-order valence-electron chi connectivity index (χ0n) is 12.2. The Bertz CT molecular complexity index is 552. The van der Waals surface area contributed by atoms with E-state index in [2.05, 4.69) is 42.5 Å². The van der Waals surface area contributed by atoms with Gasteiger partial charge in [-0.1, -0.05) is 28.8 Å². The lowest BCUT2D eigenvalue weighted by Crippen LogP contribution is -2.44. The fraction of sp³-hybridized carbons (Fsp3) is 0.467. The molecule has 0 aliphatic heterocycles. The second-order valence-electron chi connectivity index (χ2n) is 5.33. The zero-order valence-corrected chi connectivity index (χ0v) is 16.2. The van der Waals surface area contributed by atoms with Crippen molar-refractivity contribution in [2.24, 2.45) is 0 Å². The third kappa shape index (κ3) is 5.21. The number of halogens is 2. The first kappa shape index (κ1) is 17.7. The summed E-state index contributed by atoms with van der Waals surface area (Å²) in [4.78, 5) is 11.9. The molecule has 1 amide bonds. The first-order valence-electron chi connectivity index (χ1n) is 7.14. The molecule has 0 unspecified atom stereocenters. The lowest BCUT2D eigenvalue weighted by molar-refractivity contribution is -0.121. The Morgan fingerprint density at radius 2 is 2.05 bits per heavy atom. The number of amides is 1. The highest BCUT2D eigenvalue weighted by Gasteiger charge is 2.16. The molecule has 0 aromatic heterocycles. The third-order valence-corrected chi connectivity index (χ3v) is 4.75. The lowest BCUT2D eigenvalue weighted by Gasteiger charge is -2.15. The molecule has 2 N–H and O–H groups in total. The third-order valence-electron chi connectivity index (χ3n) is 3.49. The van der Waals surface area contributed by atoms with Crippen molar-refractivity contribution in [3.63, 3.8) is 0 Å². The fourth-order valence-electron chi connectivity index (χ4n) is 2.46. The lowest BCUT2D eigenvalue weighted by atomic mass is 10.2. The van der Waals surface area contributed by atoms with E-state index in [1.165, 1.54) is 12.8 Å². The Morgan fingerprint density at radius 3 is 2.68 bits per heavy atom. The minimum atomic E-state index is -0.260. The number of rotatable bonds is 4. The molecule has 0 radical (unpaired) electrons. The van der Waals surface area contributed by atoms with Crippen molar-refractivity contribution in [1.82, 2.24) is 10.6 Å². The zero-order chi connectivity index (χ0) is 16.1. The van der Waals surface area contributed by atoms with Gasteiger partial charge in [-0.05, 0) is 65.6 Å². The summed E-state index contributed by atoms with van der Waals surface area (Å²) < 4.78 is 7.35. The molecule has 1 aliphatic rings. The molecule has 1 fully saturated rings. The van der Waals surface area contributed by atoms with Crippen LogP contribution in [0.3, 0.4) is 0 Å². The molecule has 1 aromatic rings. The fourth-order valence-corrected chi connectivity index (χ4v) is 4.30. The van der Waals surface area contributed by atoms with Crippen LogP contribution in [0.5, 0.6) is 5.75 Å². The van der Waals surface area contributed by atoms with Gasteiger partial charge in [0.2, 0.25) is 0 Å². The van der Waals surface area contributed by atoms with Gasteiger partial charge in [0.05, 0.1) is 4.47 Å². The molecule has 1 aromatic carbocycles. The Kier molecular flexibility index (Phi) is 6.65. The second-order valence-corrected chi connectivity index (χ2v) is 7.50. The number of aryl methyl sites for hydroxylation is 1. The molecular formula is C15H18Br2N2O2S. The first-order chi connectivity index (χ1) is 10.5. The number of carbonyl (C=O) groups is 1. The maximum absolute atomic E-state index is 11.9. The summed E-state index contributed by atoms with van der Waals surface area (Å²) in [5.74, 6) is 0.401. The standard InChI is InChI=1S/C15H18Br2N2O2S/c1-9-6-10(16)7-12(17)14(9)21-8-13(20)19-15(22)18-11-4-2-3-5-11/h6-7,11H,2-5,8H2,1H3,(H2,18,19,20,22). The summed E-state index contributed by atoms with van der Waals surface area (Å²) in [7, 11) is 0. The Morgan fingerprint density at radius 1 is 1.36 bits per heavy atom. The molecule has 0 atom stereocenters. The number of nitrogens with one attached hydrogen (secondary N) is 2. The van der Waals surface area contributed by atoms with Crippen molar-refractivity contribution in [2.75, 3.05) is 6.61 Å². The number of hydrogen-bond acceptors (Lipinski definition) is 3. The molecule has 0 bridgehead atoms. The summed E-state index contributed by atoms with van der Waals surface area (Å²) in [5.41, 5.74) is 0.945. The minimum Gasteiger partial charge on any atom is -0.482 e. The molecule has 1 saturated carbocycles. The van der Waals surface area contributed by atoms with Crippen LogP contribution >= 0.6 is 44.1 Å². The monoisotopic (exact) mass is 448 g/mol. The molecule has 0 heterocycles. The summed E-state index contributed by atoms with van der Waals surface area (Å²) in [6.45, 7) is 1.85. The van der Waals surface area contributed by atoms with Crippen LogP contribution in [0.2, 0.25) is 0 Å². The Hall–Kier alpha value is -0.660. The van der Waals surface area contributed by atoms with Crippen LogP contribution in [0.4, 0.5) is 0 Å². The number of ether oxygens (including phenoxy) is 1. The Balaban J connectivity index is 1.81. The van der Waals surface area contributed by atoms with E-state index in [0.29, 0.717) is 16.9 Å². The summed E-state index contributed by atoms with van der Waals surface area (Å²) >= 11 is 12.0. The summed E-state index contributed by atoms with van der Waals surface area (Å²) in [6, 6.07) is 4.20. The summed E-state index contributed by atoms with van der Waals surface area (Å²) in [6.07, 6.45) is 4.65. The molecule has 1 aliphatic carbocycles. The van der Waals surface area contributed by atoms with Crippen LogP contribution in [0.1, 0.15) is 31.2 Å². The van der Waals surface area contributed by atoms with Crippen molar-refractivity contribution in [3.05, 3.63) is 26.6 Å². The highest BCUT2D eigenvalue weighted by atomic mass is 79.9. The van der Waals surface area contributed by atoms with Gasteiger partial charge in [-0.2, -0.15) is 0 Å². The minimum absolute atomic E-state index is 0.0758. The van der Waals surface area contributed by atoms with E-state index < -0.39 is 0 Å². The molecule has 22 heavy (non-hydrogen) atoms. The van der Waals surface area contributed by atoms with E-state index in [4.69, 9.17) is 17.0 Å². The number of benzene rings is 1. The molecule has 120 valence electrons. The number of thiocarbonyl (C=S) groups is 1. The Labute approximate surface area is 152 Å². The van der Waals surface area contributed by atoms with E-state index in [1.807, 2.05) is 19.1 Å². The molecule has 0 saturated heterocycles. The number of hydrogen-bond donors (Lipinski definition) is 2. The van der Waals surface area contributed by atoms with Gasteiger partial charge in [-0.3, -0.25) is 4.79 Å². The van der Waals surface area contributed by atoms with Crippen LogP contribution in [0.25, 0.3) is 0 Å². The van der Waals surface area contributed by atoms with Crippen molar-refractivity contribution in [3.8, 4) is 5.75 Å². The second kappa shape index (κ2) is 8.26. The molecule has 2 rings (SSSR count). The van der Waals surface area contributed by atoms with Gasteiger partial charge in [0.25, 0.3) is 5.91 Å². The number of carbonyl (C=O) groups excluding carboxylic acids is 1. The van der Waals surface area contributed by atoms with Crippen LogP contribution in [0.15, 0.2) is 21.1 Å². The van der Waals surface area contributed by atoms with Crippen molar-refractivity contribution >= 4 is 55.1 Å². The molecule has 0 spiro atoms. The average molecular weight is 450 g/mol. The van der Waals surface area contributed by atoms with Gasteiger partial charge in [-0.15, -0.1) is 0 Å². The topological polar surface area (TPSA) is 50.4 Å². The maximum atomic E-state index is 11.9. The first-order valence-corrected chi connectivity index (χ1v) is 9.14. The van der Waals surface area contributed by atoms with Crippen LogP contribution in [0, 0.1) is 6.92 Å².